The summed E-state index contributed by atoms with van der Waals surface area (Å²) in [5.74, 6) is 0.370. The van der Waals surface area contributed by atoms with Gasteiger partial charge >= 0.3 is 0 Å². The SMILES string of the molecule is Cl.Cl.O=C(NCC1CCCN(C(=O)c2nccc3ccccc23)C1)C1CCCN1. The van der Waals surface area contributed by atoms with E-state index in [9.17, 15) is 9.59 Å². The Bertz CT molecular complexity index is 837. The van der Waals surface area contributed by atoms with Crippen LogP contribution in [-0.2, 0) is 4.79 Å². The van der Waals surface area contributed by atoms with E-state index in [2.05, 4.69) is 15.6 Å². The van der Waals surface area contributed by atoms with Crippen molar-refractivity contribution in [3.8, 4) is 0 Å². The molecule has 29 heavy (non-hydrogen) atoms. The number of hydrogen-bond acceptors (Lipinski definition) is 4. The van der Waals surface area contributed by atoms with Crippen molar-refractivity contribution in [2.45, 2.75) is 31.7 Å². The largest absolute Gasteiger partial charge is 0.354 e. The first-order chi connectivity index (χ1) is 13.2. The van der Waals surface area contributed by atoms with Gasteiger partial charge in [0.2, 0.25) is 5.91 Å². The molecular formula is C21H28Cl2N4O2. The number of aromatic nitrogens is 1. The summed E-state index contributed by atoms with van der Waals surface area (Å²) in [5.41, 5.74) is 0.521. The summed E-state index contributed by atoms with van der Waals surface area (Å²) < 4.78 is 0. The molecule has 0 bridgehead atoms. The molecule has 2 saturated heterocycles. The second kappa shape index (κ2) is 10.8. The lowest BCUT2D eigenvalue weighted by atomic mass is 9.97. The fourth-order valence-corrected chi connectivity index (χ4v) is 4.13. The Hall–Kier alpha value is -1.89. The van der Waals surface area contributed by atoms with Crippen LogP contribution in [-0.4, -0.2) is 53.9 Å². The smallest absolute Gasteiger partial charge is 0.273 e. The Labute approximate surface area is 183 Å². The number of carbonyl (C=O) groups excluding carboxylic acids is 2. The summed E-state index contributed by atoms with van der Waals surface area (Å²) in [4.78, 5) is 31.5. The van der Waals surface area contributed by atoms with E-state index in [0.29, 0.717) is 24.7 Å². The van der Waals surface area contributed by atoms with Crippen molar-refractivity contribution in [1.29, 1.82) is 0 Å². The summed E-state index contributed by atoms with van der Waals surface area (Å²) in [6.07, 6.45) is 5.66. The fourth-order valence-electron chi connectivity index (χ4n) is 4.13. The molecule has 2 atom stereocenters. The number of fused-ring (bicyclic) bond motifs is 1. The van der Waals surface area contributed by atoms with Crippen molar-refractivity contribution >= 4 is 47.4 Å². The highest BCUT2D eigenvalue weighted by molar-refractivity contribution is 6.05. The van der Waals surface area contributed by atoms with Gasteiger partial charge in [-0.05, 0) is 49.6 Å². The molecule has 6 nitrogen and oxygen atoms in total. The first-order valence-electron chi connectivity index (χ1n) is 9.86. The van der Waals surface area contributed by atoms with Gasteiger partial charge in [-0.1, -0.05) is 24.3 Å². The number of nitrogens with one attached hydrogen (secondary N) is 2. The number of benzene rings is 1. The maximum atomic E-state index is 13.1. The molecule has 2 N–H and O–H groups in total. The van der Waals surface area contributed by atoms with Crippen molar-refractivity contribution in [1.82, 2.24) is 20.5 Å². The number of nitrogens with zero attached hydrogens (tertiary/aromatic N) is 2. The van der Waals surface area contributed by atoms with Crippen molar-refractivity contribution in [3.63, 3.8) is 0 Å². The van der Waals surface area contributed by atoms with Gasteiger partial charge in [0.05, 0.1) is 6.04 Å². The van der Waals surface area contributed by atoms with E-state index >= 15 is 0 Å². The van der Waals surface area contributed by atoms with Crippen LogP contribution in [0.4, 0.5) is 0 Å². The lowest BCUT2D eigenvalue weighted by Gasteiger charge is -2.33. The summed E-state index contributed by atoms with van der Waals surface area (Å²) in [5, 5.41) is 8.22. The number of carbonyl (C=O) groups is 2. The van der Waals surface area contributed by atoms with Crippen LogP contribution >= 0.6 is 24.8 Å². The second-order valence-electron chi connectivity index (χ2n) is 7.53. The first kappa shape index (κ1) is 23.4. The molecule has 4 rings (SSSR count). The Morgan fingerprint density at radius 2 is 1.97 bits per heavy atom. The number of hydrogen-bond donors (Lipinski definition) is 2. The van der Waals surface area contributed by atoms with E-state index in [1.807, 2.05) is 35.2 Å². The number of rotatable bonds is 4. The van der Waals surface area contributed by atoms with Crippen LogP contribution in [0.1, 0.15) is 36.2 Å². The first-order valence-corrected chi connectivity index (χ1v) is 9.86. The van der Waals surface area contributed by atoms with Crippen LogP contribution in [0, 0.1) is 5.92 Å². The molecule has 1 aromatic carbocycles. The lowest BCUT2D eigenvalue weighted by molar-refractivity contribution is -0.123. The molecule has 2 aliphatic heterocycles. The average molecular weight is 439 g/mol. The zero-order chi connectivity index (χ0) is 18.6. The van der Waals surface area contributed by atoms with Gasteiger partial charge in [0, 0.05) is 31.2 Å². The Morgan fingerprint density at radius 1 is 1.14 bits per heavy atom. The van der Waals surface area contributed by atoms with Gasteiger partial charge in [-0.3, -0.25) is 14.6 Å². The summed E-state index contributed by atoms with van der Waals surface area (Å²) in [6.45, 7) is 2.96. The number of likely N-dealkylation sites (tertiary alicyclic amines) is 1. The molecule has 2 aromatic rings. The van der Waals surface area contributed by atoms with E-state index in [-0.39, 0.29) is 42.7 Å². The number of halogens is 2. The average Bonchev–Trinajstić information content (AvgIpc) is 3.26. The predicted molar refractivity (Wildman–Crippen MR) is 119 cm³/mol. The zero-order valence-corrected chi connectivity index (χ0v) is 17.9. The molecule has 8 heteroatoms. The molecule has 0 aliphatic carbocycles. The summed E-state index contributed by atoms with van der Waals surface area (Å²) in [6, 6.07) is 9.73. The molecule has 0 radical (unpaired) electrons. The molecule has 2 amide bonds. The standard InChI is InChI=1S/C21H26N4O2.2ClH/c26-20(18-8-3-10-22-18)24-13-15-5-4-12-25(14-15)21(27)19-17-7-2-1-6-16(17)9-11-23-19;;/h1-2,6-7,9,11,15,18,22H,3-5,8,10,12-14H2,(H,24,26);2*1H. The fraction of sp³-hybridized carbons (Fsp3) is 0.476. The minimum absolute atomic E-state index is 0. The zero-order valence-electron chi connectivity index (χ0n) is 16.3. The molecule has 2 fully saturated rings. The molecule has 1 aromatic heterocycles. The van der Waals surface area contributed by atoms with E-state index < -0.39 is 0 Å². The molecule has 2 aliphatic rings. The van der Waals surface area contributed by atoms with E-state index in [0.717, 1.165) is 49.5 Å². The normalized spacial score (nSPS) is 21.2. The van der Waals surface area contributed by atoms with Crippen molar-refractivity contribution in [2.75, 3.05) is 26.2 Å². The highest BCUT2D eigenvalue weighted by Gasteiger charge is 2.28. The van der Waals surface area contributed by atoms with Crippen molar-refractivity contribution < 1.29 is 9.59 Å². The Balaban J connectivity index is 0.00000150. The van der Waals surface area contributed by atoms with Gasteiger partial charge < -0.3 is 15.5 Å². The molecule has 2 unspecified atom stereocenters. The van der Waals surface area contributed by atoms with E-state index in [1.165, 1.54) is 0 Å². The second-order valence-corrected chi connectivity index (χ2v) is 7.53. The summed E-state index contributed by atoms with van der Waals surface area (Å²) >= 11 is 0. The molecule has 0 saturated carbocycles. The van der Waals surface area contributed by atoms with Gasteiger partial charge in [0.15, 0.2) is 0 Å². The molecular weight excluding hydrogens is 411 g/mol. The van der Waals surface area contributed by atoms with Crippen molar-refractivity contribution in [2.24, 2.45) is 5.92 Å². The maximum absolute atomic E-state index is 13.1. The number of piperidine rings is 1. The predicted octanol–water partition coefficient (Wildman–Crippen LogP) is 2.80. The number of pyridine rings is 1. The lowest BCUT2D eigenvalue weighted by Crippen LogP contribution is -2.46. The maximum Gasteiger partial charge on any atom is 0.273 e. The van der Waals surface area contributed by atoms with Crippen molar-refractivity contribution in [3.05, 3.63) is 42.2 Å². The van der Waals surface area contributed by atoms with Crippen LogP contribution in [0.25, 0.3) is 10.8 Å². The third kappa shape index (κ3) is 5.38. The van der Waals surface area contributed by atoms with Crippen LogP contribution < -0.4 is 10.6 Å². The van der Waals surface area contributed by atoms with E-state index in [1.54, 1.807) is 6.20 Å². The molecule has 158 valence electrons. The van der Waals surface area contributed by atoms with E-state index in [4.69, 9.17) is 0 Å². The van der Waals surface area contributed by atoms with Crippen LogP contribution in [0.5, 0.6) is 0 Å². The van der Waals surface area contributed by atoms with Gasteiger partial charge in [-0.25, -0.2) is 0 Å². The quantitative estimate of drug-likeness (QED) is 0.769. The third-order valence-electron chi connectivity index (χ3n) is 5.62. The van der Waals surface area contributed by atoms with Crippen LogP contribution in [0.2, 0.25) is 0 Å². The Morgan fingerprint density at radius 3 is 2.76 bits per heavy atom. The topological polar surface area (TPSA) is 74.3 Å². The summed E-state index contributed by atoms with van der Waals surface area (Å²) in [7, 11) is 0. The minimum Gasteiger partial charge on any atom is -0.354 e. The number of amides is 2. The van der Waals surface area contributed by atoms with Gasteiger partial charge in [0.1, 0.15) is 5.69 Å². The van der Waals surface area contributed by atoms with Gasteiger partial charge in [0.25, 0.3) is 5.91 Å². The van der Waals surface area contributed by atoms with Crippen LogP contribution in [0.15, 0.2) is 36.5 Å². The monoisotopic (exact) mass is 438 g/mol. The molecule has 3 heterocycles. The minimum atomic E-state index is -0.0498. The van der Waals surface area contributed by atoms with Gasteiger partial charge in [-0.15, -0.1) is 24.8 Å². The highest BCUT2D eigenvalue weighted by Crippen LogP contribution is 2.22. The van der Waals surface area contributed by atoms with Crippen LogP contribution in [0.3, 0.4) is 0 Å². The Kier molecular flexibility index (Phi) is 8.68. The third-order valence-corrected chi connectivity index (χ3v) is 5.62. The van der Waals surface area contributed by atoms with Gasteiger partial charge in [-0.2, -0.15) is 0 Å². The molecule has 0 spiro atoms. The highest BCUT2D eigenvalue weighted by atomic mass is 35.5.